The standard InChI is InChI=1S/C17H23N3O3/c1-11(2)7-13(21)10-18-17(22)16-9-15(19-20-16)12-5-4-6-14(8-12)23-3/h4-6,8-9,11,13,21H,7,10H2,1-3H3,(H,18,22)(H,19,20). The second-order valence-electron chi connectivity index (χ2n) is 5.89. The van der Waals surface area contributed by atoms with Gasteiger partial charge in [-0.2, -0.15) is 5.10 Å². The molecule has 0 aliphatic carbocycles. The molecule has 1 aromatic carbocycles. The molecule has 0 aliphatic rings. The molecule has 1 heterocycles. The SMILES string of the molecule is COc1cccc(-c2cc(C(=O)NCC(O)CC(C)C)[nH]n2)c1. The maximum atomic E-state index is 12.1. The van der Waals surface area contributed by atoms with E-state index in [-0.39, 0.29) is 12.5 Å². The summed E-state index contributed by atoms with van der Waals surface area (Å²) in [6, 6.07) is 9.14. The summed E-state index contributed by atoms with van der Waals surface area (Å²) >= 11 is 0. The molecule has 3 N–H and O–H groups in total. The Bertz CT molecular complexity index is 652. The van der Waals surface area contributed by atoms with Crippen LogP contribution >= 0.6 is 0 Å². The maximum Gasteiger partial charge on any atom is 0.269 e. The first-order valence-corrected chi connectivity index (χ1v) is 7.65. The Morgan fingerprint density at radius 3 is 2.87 bits per heavy atom. The Kier molecular flexibility index (Phi) is 5.76. The minimum Gasteiger partial charge on any atom is -0.497 e. The summed E-state index contributed by atoms with van der Waals surface area (Å²) in [5.41, 5.74) is 1.89. The van der Waals surface area contributed by atoms with Crippen molar-refractivity contribution in [3.8, 4) is 17.0 Å². The van der Waals surface area contributed by atoms with Crippen molar-refractivity contribution in [3.63, 3.8) is 0 Å². The Morgan fingerprint density at radius 2 is 2.17 bits per heavy atom. The fourth-order valence-electron chi connectivity index (χ4n) is 2.30. The number of aliphatic hydroxyl groups excluding tert-OH is 1. The summed E-state index contributed by atoms with van der Waals surface area (Å²) in [5, 5.41) is 19.4. The number of hydrogen-bond donors (Lipinski definition) is 3. The highest BCUT2D eigenvalue weighted by Crippen LogP contribution is 2.22. The van der Waals surface area contributed by atoms with Crippen LogP contribution in [0.15, 0.2) is 30.3 Å². The van der Waals surface area contributed by atoms with Crippen molar-refractivity contribution < 1.29 is 14.6 Å². The predicted molar refractivity (Wildman–Crippen MR) is 88.4 cm³/mol. The second kappa shape index (κ2) is 7.78. The summed E-state index contributed by atoms with van der Waals surface area (Å²) in [7, 11) is 1.60. The Morgan fingerprint density at radius 1 is 1.39 bits per heavy atom. The van der Waals surface area contributed by atoms with Gasteiger partial charge >= 0.3 is 0 Å². The van der Waals surface area contributed by atoms with Gasteiger partial charge in [-0.3, -0.25) is 9.89 Å². The van der Waals surface area contributed by atoms with Gasteiger partial charge in [-0.15, -0.1) is 0 Å². The molecule has 2 rings (SSSR count). The molecule has 0 saturated carbocycles. The smallest absolute Gasteiger partial charge is 0.269 e. The number of aromatic nitrogens is 2. The molecule has 1 aromatic heterocycles. The third-order valence-corrected chi connectivity index (χ3v) is 3.43. The number of hydrogen-bond acceptors (Lipinski definition) is 4. The van der Waals surface area contributed by atoms with Crippen molar-refractivity contribution in [2.24, 2.45) is 5.92 Å². The molecule has 0 aliphatic heterocycles. The van der Waals surface area contributed by atoms with E-state index in [1.807, 2.05) is 38.1 Å². The van der Waals surface area contributed by atoms with Crippen molar-refractivity contribution in [2.75, 3.05) is 13.7 Å². The zero-order valence-corrected chi connectivity index (χ0v) is 13.7. The summed E-state index contributed by atoms with van der Waals surface area (Å²) in [4.78, 5) is 12.1. The van der Waals surface area contributed by atoms with Gasteiger partial charge in [-0.25, -0.2) is 0 Å². The number of aliphatic hydroxyl groups is 1. The highest BCUT2D eigenvalue weighted by molar-refractivity contribution is 5.93. The Labute approximate surface area is 135 Å². The number of amides is 1. The van der Waals surface area contributed by atoms with E-state index in [1.54, 1.807) is 13.2 Å². The number of rotatable bonds is 7. The van der Waals surface area contributed by atoms with Crippen LogP contribution in [-0.2, 0) is 0 Å². The minimum atomic E-state index is -0.542. The van der Waals surface area contributed by atoms with Crippen molar-refractivity contribution in [1.29, 1.82) is 0 Å². The number of aromatic amines is 1. The van der Waals surface area contributed by atoms with Crippen LogP contribution < -0.4 is 10.1 Å². The predicted octanol–water partition coefficient (Wildman–Crippen LogP) is 2.22. The summed E-state index contributed by atoms with van der Waals surface area (Å²) in [6.45, 7) is 4.28. The molecule has 0 saturated heterocycles. The van der Waals surface area contributed by atoms with Crippen LogP contribution in [0.1, 0.15) is 30.8 Å². The Balaban J connectivity index is 1.99. The Hall–Kier alpha value is -2.34. The summed E-state index contributed by atoms with van der Waals surface area (Å²) in [6.07, 6.45) is 0.109. The summed E-state index contributed by atoms with van der Waals surface area (Å²) in [5.74, 6) is 0.830. The topological polar surface area (TPSA) is 87.2 Å². The number of carbonyl (C=O) groups is 1. The van der Waals surface area contributed by atoms with Crippen LogP contribution in [0, 0.1) is 5.92 Å². The largest absolute Gasteiger partial charge is 0.497 e. The van der Waals surface area contributed by atoms with Gasteiger partial charge in [0, 0.05) is 12.1 Å². The van der Waals surface area contributed by atoms with Gasteiger partial charge in [0.25, 0.3) is 5.91 Å². The number of methoxy groups -OCH3 is 1. The van der Waals surface area contributed by atoms with Crippen LogP contribution in [0.2, 0.25) is 0 Å². The number of benzene rings is 1. The van der Waals surface area contributed by atoms with Crippen LogP contribution in [0.4, 0.5) is 0 Å². The number of nitrogens with zero attached hydrogens (tertiary/aromatic N) is 1. The summed E-state index contributed by atoms with van der Waals surface area (Å²) < 4.78 is 5.18. The zero-order valence-electron chi connectivity index (χ0n) is 13.7. The zero-order chi connectivity index (χ0) is 16.8. The average molecular weight is 317 g/mol. The van der Waals surface area contributed by atoms with Crippen molar-refractivity contribution in [2.45, 2.75) is 26.4 Å². The molecule has 23 heavy (non-hydrogen) atoms. The lowest BCUT2D eigenvalue weighted by Crippen LogP contribution is -2.32. The molecule has 0 spiro atoms. The van der Waals surface area contributed by atoms with Gasteiger partial charge in [0.05, 0.1) is 18.9 Å². The van der Waals surface area contributed by atoms with Crippen LogP contribution in [0.25, 0.3) is 11.3 Å². The van der Waals surface area contributed by atoms with Crippen LogP contribution in [0.5, 0.6) is 5.75 Å². The fourth-order valence-corrected chi connectivity index (χ4v) is 2.30. The monoisotopic (exact) mass is 317 g/mol. The van der Waals surface area contributed by atoms with Crippen LogP contribution in [-0.4, -0.2) is 41.0 Å². The fraction of sp³-hybridized carbons (Fsp3) is 0.412. The minimum absolute atomic E-state index is 0.227. The molecule has 2 aromatic rings. The van der Waals surface area contributed by atoms with Gasteiger partial charge < -0.3 is 15.2 Å². The van der Waals surface area contributed by atoms with E-state index in [0.29, 0.717) is 23.7 Å². The molecule has 0 bridgehead atoms. The van der Waals surface area contributed by atoms with Gasteiger partial charge in [-0.1, -0.05) is 26.0 Å². The van der Waals surface area contributed by atoms with Gasteiger partial charge in [-0.05, 0) is 30.5 Å². The van der Waals surface area contributed by atoms with E-state index in [1.165, 1.54) is 0 Å². The highest BCUT2D eigenvalue weighted by atomic mass is 16.5. The number of H-pyrrole nitrogens is 1. The lowest BCUT2D eigenvalue weighted by Gasteiger charge is -2.13. The van der Waals surface area contributed by atoms with Crippen molar-refractivity contribution >= 4 is 5.91 Å². The molecule has 0 radical (unpaired) electrons. The van der Waals surface area contributed by atoms with Gasteiger partial charge in [0.15, 0.2) is 0 Å². The molecule has 6 nitrogen and oxygen atoms in total. The lowest BCUT2D eigenvalue weighted by atomic mass is 10.1. The first-order chi connectivity index (χ1) is 11.0. The quantitative estimate of drug-likeness (QED) is 0.731. The van der Waals surface area contributed by atoms with Crippen molar-refractivity contribution in [1.82, 2.24) is 15.5 Å². The van der Waals surface area contributed by atoms with E-state index < -0.39 is 6.10 Å². The van der Waals surface area contributed by atoms with Gasteiger partial charge in [0.2, 0.25) is 0 Å². The normalized spacial score (nSPS) is 12.2. The maximum absolute atomic E-state index is 12.1. The molecule has 0 fully saturated rings. The number of nitrogens with one attached hydrogen (secondary N) is 2. The lowest BCUT2D eigenvalue weighted by molar-refractivity contribution is 0.0895. The van der Waals surface area contributed by atoms with Crippen molar-refractivity contribution in [3.05, 3.63) is 36.0 Å². The second-order valence-corrected chi connectivity index (χ2v) is 5.89. The van der Waals surface area contributed by atoms with Crippen LogP contribution in [0.3, 0.4) is 0 Å². The molecule has 1 unspecified atom stereocenters. The third kappa shape index (κ3) is 4.82. The molecule has 6 heteroatoms. The van der Waals surface area contributed by atoms with E-state index in [9.17, 15) is 9.90 Å². The molecular formula is C17H23N3O3. The van der Waals surface area contributed by atoms with Gasteiger partial charge in [0.1, 0.15) is 11.4 Å². The third-order valence-electron chi connectivity index (χ3n) is 3.43. The molecule has 1 atom stereocenters. The number of ether oxygens (including phenoxy) is 1. The van der Waals surface area contributed by atoms with E-state index >= 15 is 0 Å². The van der Waals surface area contributed by atoms with E-state index in [4.69, 9.17) is 4.74 Å². The first-order valence-electron chi connectivity index (χ1n) is 7.65. The molecular weight excluding hydrogens is 294 g/mol. The first kappa shape index (κ1) is 17.0. The average Bonchev–Trinajstić information content (AvgIpc) is 3.02. The molecule has 124 valence electrons. The highest BCUT2D eigenvalue weighted by Gasteiger charge is 2.13. The van der Waals surface area contributed by atoms with E-state index in [0.717, 1.165) is 11.3 Å². The number of carbonyl (C=O) groups excluding carboxylic acids is 1. The molecule has 1 amide bonds. The van der Waals surface area contributed by atoms with E-state index in [2.05, 4.69) is 15.5 Å².